The van der Waals surface area contributed by atoms with Crippen molar-refractivity contribution in [3.63, 3.8) is 0 Å². The lowest BCUT2D eigenvalue weighted by Crippen LogP contribution is -2.18. The molecule has 6 heteroatoms. The van der Waals surface area contributed by atoms with Crippen LogP contribution in [-0.2, 0) is 6.42 Å². The van der Waals surface area contributed by atoms with Crippen molar-refractivity contribution in [2.75, 3.05) is 5.32 Å². The molecule has 0 aliphatic heterocycles. The largest absolute Gasteiger partial charge is 0.351 e. The van der Waals surface area contributed by atoms with Gasteiger partial charge in [-0.05, 0) is 91.1 Å². The van der Waals surface area contributed by atoms with E-state index < -0.39 is 0 Å². The smallest absolute Gasteiger partial charge is 0.105 e. The number of benzene rings is 10. The summed E-state index contributed by atoms with van der Waals surface area (Å²) >= 11 is 0. The van der Waals surface area contributed by atoms with Crippen molar-refractivity contribution in [2.24, 2.45) is 0 Å². The minimum Gasteiger partial charge on any atom is -0.351 e. The van der Waals surface area contributed by atoms with Crippen LogP contribution in [0.25, 0.3) is 116 Å². The predicted octanol–water partition coefficient (Wildman–Crippen LogP) is 17.5. The zero-order valence-electron chi connectivity index (χ0n) is 40.6. The predicted molar refractivity (Wildman–Crippen MR) is 308 cm³/mol. The molecule has 0 saturated heterocycles. The number of hydrogen-bond donors (Lipinski definition) is 1. The molecule has 74 heavy (non-hydrogen) atoms. The Bertz CT molecular complexity index is 4570. The third-order valence-corrected chi connectivity index (χ3v) is 15.6. The van der Waals surface area contributed by atoms with Crippen LogP contribution < -0.4 is 5.32 Å². The van der Waals surface area contributed by atoms with Crippen molar-refractivity contribution < 1.29 is 0 Å². The summed E-state index contributed by atoms with van der Waals surface area (Å²) in [6.07, 6.45) is 6.40. The topological polar surface area (TPSA) is 55.5 Å². The Morgan fingerprint density at radius 3 is 1.27 bits per heavy atom. The molecule has 4 aromatic heterocycles. The number of rotatable bonds is 7. The van der Waals surface area contributed by atoms with Crippen molar-refractivity contribution in [2.45, 2.75) is 19.8 Å². The Balaban J connectivity index is 1.28. The highest BCUT2D eigenvalue weighted by atomic mass is 15.2. The fourth-order valence-corrected chi connectivity index (χ4v) is 12.5. The molecule has 10 aromatic carbocycles. The SMILES string of the molecule is Cc1ccccc1-c1ccccc1Nc1c(-n2c3c(c4ccccc42)CCC=C3)c(C#N)c(-n2c3ccccc3c3ccccc32)c(-n2c3ccccc3c3ccccc32)c1-n1c2ccccc2c2ccccc21. The second-order valence-electron chi connectivity index (χ2n) is 19.5. The van der Waals surface area contributed by atoms with Crippen molar-refractivity contribution in [1.29, 1.82) is 5.26 Å². The first-order valence-electron chi connectivity index (χ1n) is 25.5. The van der Waals surface area contributed by atoms with Crippen LogP contribution in [0.5, 0.6) is 0 Å². The molecule has 0 amide bonds. The first kappa shape index (κ1) is 41.9. The maximum atomic E-state index is 12.8. The third-order valence-electron chi connectivity index (χ3n) is 15.6. The second-order valence-corrected chi connectivity index (χ2v) is 19.5. The summed E-state index contributed by atoms with van der Waals surface area (Å²) in [6.45, 7) is 2.18. The van der Waals surface area contributed by atoms with Gasteiger partial charge >= 0.3 is 0 Å². The first-order valence-corrected chi connectivity index (χ1v) is 25.5. The number of para-hydroxylation sites is 8. The monoisotopic (exact) mass is 946 g/mol. The maximum Gasteiger partial charge on any atom is 0.105 e. The highest BCUT2D eigenvalue weighted by molar-refractivity contribution is 6.16. The molecule has 1 aliphatic carbocycles. The van der Waals surface area contributed by atoms with Gasteiger partial charge in [0.25, 0.3) is 0 Å². The summed E-state index contributed by atoms with van der Waals surface area (Å²) in [7, 11) is 0. The van der Waals surface area contributed by atoms with E-state index in [4.69, 9.17) is 0 Å². The average molecular weight is 947 g/mol. The van der Waals surface area contributed by atoms with E-state index in [0.717, 1.165) is 135 Å². The van der Waals surface area contributed by atoms with Crippen LogP contribution in [0.15, 0.2) is 224 Å². The zero-order chi connectivity index (χ0) is 49.0. The van der Waals surface area contributed by atoms with Gasteiger partial charge in [-0.1, -0.05) is 176 Å². The van der Waals surface area contributed by atoms with E-state index in [1.807, 2.05) is 0 Å². The van der Waals surface area contributed by atoms with Crippen LogP contribution in [0.4, 0.5) is 11.4 Å². The minimum absolute atomic E-state index is 0.538. The zero-order valence-corrected chi connectivity index (χ0v) is 40.6. The van der Waals surface area contributed by atoms with E-state index in [1.54, 1.807) is 0 Å². The van der Waals surface area contributed by atoms with Gasteiger partial charge in [0.05, 0.1) is 67.1 Å². The molecule has 0 fully saturated rings. The number of aryl methyl sites for hydroxylation is 2. The van der Waals surface area contributed by atoms with Crippen LogP contribution in [0.1, 0.15) is 28.8 Å². The summed E-state index contributed by atoms with van der Waals surface area (Å²) < 4.78 is 9.73. The van der Waals surface area contributed by atoms with E-state index in [0.29, 0.717) is 5.56 Å². The number of nitrogens with one attached hydrogen (secondary N) is 1. The summed E-state index contributed by atoms with van der Waals surface area (Å²) in [5.41, 5.74) is 18.6. The molecular weight excluding hydrogens is 901 g/mol. The van der Waals surface area contributed by atoms with Gasteiger partial charge in [0, 0.05) is 54.6 Å². The third kappa shape index (κ3) is 5.92. The molecule has 0 spiro atoms. The van der Waals surface area contributed by atoms with E-state index in [-0.39, 0.29) is 0 Å². The number of hydrogen-bond acceptors (Lipinski definition) is 2. The lowest BCUT2D eigenvalue weighted by atomic mass is 9.97. The highest BCUT2D eigenvalue weighted by Crippen LogP contribution is 2.52. The molecule has 15 rings (SSSR count). The van der Waals surface area contributed by atoms with Gasteiger partial charge in [-0.3, -0.25) is 0 Å². The van der Waals surface area contributed by atoms with Crippen LogP contribution in [-0.4, -0.2) is 18.3 Å². The van der Waals surface area contributed by atoms with Crippen molar-refractivity contribution in [3.05, 3.63) is 247 Å². The van der Waals surface area contributed by atoms with Gasteiger partial charge in [0.1, 0.15) is 11.6 Å². The highest BCUT2D eigenvalue weighted by Gasteiger charge is 2.35. The van der Waals surface area contributed by atoms with Crippen molar-refractivity contribution >= 4 is 93.8 Å². The van der Waals surface area contributed by atoms with E-state index in [1.165, 1.54) is 16.5 Å². The Morgan fingerprint density at radius 1 is 0.392 bits per heavy atom. The quantitative estimate of drug-likeness (QED) is 0.173. The molecule has 0 atom stereocenters. The maximum absolute atomic E-state index is 12.8. The van der Waals surface area contributed by atoms with Crippen LogP contribution >= 0.6 is 0 Å². The van der Waals surface area contributed by atoms with E-state index >= 15 is 0 Å². The fraction of sp³-hybridized carbons (Fsp3) is 0.0441. The average Bonchev–Trinajstić information content (AvgIpc) is 4.22. The van der Waals surface area contributed by atoms with Gasteiger partial charge in [-0.15, -0.1) is 0 Å². The molecule has 348 valence electrons. The molecule has 14 aromatic rings. The minimum atomic E-state index is 0.538. The van der Waals surface area contributed by atoms with Gasteiger partial charge in [-0.2, -0.15) is 5.26 Å². The van der Waals surface area contributed by atoms with Gasteiger partial charge in [-0.25, -0.2) is 0 Å². The molecule has 4 heterocycles. The second kappa shape index (κ2) is 16.4. The fourth-order valence-electron chi connectivity index (χ4n) is 12.5. The van der Waals surface area contributed by atoms with Crippen LogP contribution in [0, 0.1) is 18.3 Å². The summed E-state index contributed by atoms with van der Waals surface area (Å²) in [5.74, 6) is 0. The Hall–Kier alpha value is -9.83. The molecule has 0 saturated carbocycles. The van der Waals surface area contributed by atoms with E-state index in [9.17, 15) is 5.26 Å². The molecule has 6 nitrogen and oxygen atoms in total. The normalized spacial score (nSPS) is 12.5. The van der Waals surface area contributed by atoms with E-state index in [2.05, 4.69) is 267 Å². The number of nitriles is 1. The summed E-state index contributed by atoms with van der Waals surface area (Å²) in [6, 6.07) is 81.5. The number of nitrogens with zero attached hydrogens (tertiary/aromatic N) is 5. The Kier molecular flexibility index (Phi) is 9.26. The van der Waals surface area contributed by atoms with Crippen molar-refractivity contribution in [1.82, 2.24) is 18.3 Å². The molecule has 0 unspecified atom stereocenters. The lowest BCUT2D eigenvalue weighted by molar-refractivity contribution is 0.961. The Labute approximate surface area is 427 Å². The summed E-state index contributed by atoms with van der Waals surface area (Å²) in [4.78, 5) is 0. The molecular formula is C68H46N6. The van der Waals surface area contributed by atoms with Crippen LogP contribution in [0.2, 0.25) is 0 Å². The number of fused-ring (bicyclic) bond motifs is 12. The number of allylic oxidation sites excluding steroid dienone is 1. The molecule has 1 aliphatic rings. The standard InChI is InChI=1S/C68H46N6/c1-43-22-2-3-23-44(43)45-24-4-13-33-55(45)70-64-65(71-56-34-14-5-25-46(56)47-26-6-15-35-57(47)71)54(42-69)66(72-58-36-16-7-27-48(58)49-28-8-17-37-59(49)72)68(74-62-40-20-11-31-52(62)53-32-12-21-41-63(53)74)67(64)73-60-38-18-9-29-50(60)51-30-10-19-39-61(51)73/h2-5,7-25,27-41,70H,6,26H2,1H3. The molecule has 1 N–H and O–H groups in total. The number of anilines is 2. The first-order chi connectivity index (χ1) is 36.7. The molecule has 0 radical (unpaired) electrons. The Morgan fingerprint density at radius 2 is 0.784 bits per heavy atom. The van der Waals surface area contributed by atoms with Gasteiger partial charge < -0.3 is 23.6 Å². The number of aromatic nitrogens is 4. The van der Waals surface area contributed by atoms with Crippen LogP contribution in [0.3, 0.4) is 0 Å². The summed E-state index contributed by atoms with van der Waals surface area (Å²) in [5, 5.41) is 25.0. The van der Waals surface area contributed by atoms with Gasteiger partial charge in [0.2, 0.25) is 0 Å². The van der Waals surface area contributed by atoms with Crippen molar-refractivity contribution in [3.8, 4) is 39.9 Å². The van der Waals surface area contributed by atoms with Gasteiger partial charge in [0.15, 0.2) is 0 Å². The molecule has 0 bridgehead atoms. The lowest BCUT2D eigenvalue weighted by Gasteiger charge is -2.30.